The average Bonchev–Trinajstić information content (AvgIpc) is 3.98. The fraction of sp³-hybridized carbons (Fsp3) is 0.714. The summed E-state index contributed by atoms with van der Waals surface area (Å²) in [5, 5.41) is 0. The fourth-order valence-electron chi connectivity index (χ4n) is 9.43. The molecule has 4 aromatic rings. The van der Waals surface area contributed by atoms with Gasteiger partial charge in [-0.3, -0.25) is 0 Å². The molecule has 0 spiro atoms. The molecule has 60 heavy (non-hydrogen) atoms. The Kier molecular flexibility index (Phi) is 20.4. The molecule has 11 heteroatoms. The van der Waals surface area contributed by atoms with Gasteiger partial charge in [0.05, 0.1) is 11.7 Å². The summed E-state index contributed by atoms with van der Waals surface area (Å²) in [6, 6.07) is 9.73. The number of thiophene rings is 2. The Labute approximate surface area is 378 Å². The van der Waals surface area contributed by atoms with E-state index in [0.29, 0.717) is 0 Å². The highest BCUT2D eigenvalue weighted by molar-refractivity contribution is 7.24. The van der Waals surface area contributed by atoms with Crippen LogP contribution < -0.4 is 0 Å². The van der Waals surface area contributed by atoms with Crippen molar-refractivity contribution in [1.82, 2.24) is 38.1 Å². The van der Waals surface area contributed by atoms with Crippen molar-refractivity contribution in [1.29, 1.82) is 0 Å². The van der Waals surface area contributed by atoms with Crippen molar-refractivity contribution in [3.8, 4) is 20.2 Å². The van der Waals surface area contributed by atoms with E-state index in [1.807, 2.05) is 22.7 Å². The van der Waals surface area contributed by atoms with Crippen molar-refractivity contribution in [2.24, 2.45) is 0 Å². The molecule has 3 heterocycles. The van der Waals surface area contributed by atoms with Gasteiger partial charge in [0, 0.05) is 30.5 Å². The molecule has 0 radical (unpaired) electrons. The predicted molar refractivity (Wildman–Crippen MR) is 266 cm³/mol. The molecule has 0 N–H and O–H groups in total. The van der Waals surface area contributed by atoms with Gasteiger partial charge in [-0.1, -0.05) is 50.7 Å². The standard InChI is InChI=1S/C49H82N8S3/c1-39-23-24-41(46-45(39)50-60-51-46)44-38-43-48(59-44)47-42(37-40(2)58-47)49(43,25-15-11-13-17-31-56(33-19-27-52(3)4)34-20-28-53(5)6)26-16-12-14-18-32-57(35-21-29-54(7)8)36-22-30-55(9)10/h23-24,37-38H,11-22,25-36H2,1-10H3. The van der Waals surface area contributed by atoms with Gasteiger partial charge in [0.1, 0.15) is 11.0 Å². The molecule has 0 saturated carbocycles. The van der Waals surface area contributed by atoms with Crippen molar-refractivity contribution in [3.05, 3.63) is 45.8 Å². The van der Waals surface area contributed by atoms with E-state index in [4.69, 9.17) is 8.75 Å². The largest absolute Gasteiger partial charge is 0.309 e. The second-order valence-corrected chi connectivity index (χ2v) is 21.9. The third kappa shape index (κ3) is 14.4. The van der Waals surface area contributed by atoms with Gasteiger partial charge in [-0.2, -0.15) is 8.75 Å². The molecule has 0 amide bonds. The Balaban J connectivity index is 1.27. The smallest absolute Gasteiger partial charge is 0.113 e. The second kappa shape index (κ2) is 24.9. The molecule has 336 valence electrons. The summed E-state index contributed by atoms with van der Waals surface area (Å²) in [5.74, 6) is 0. The van der Waals surface area contributed by atoms with Crippen LogP contribution in [0.1, 0.15) is 111 Å². The molecule has 1 aliphatic rings. The molecule has 0 saturated heterocycles. The van der Waals surface area contributed by atoms with Crippen LogP contribution in [0.15, 0.2) is 24.3 Å². The minimum Gasteiger partial charge on any atom is -0.309 e. The molecular weight excluding hydrogens is 797 g/mol. The van der Waals surface area contributed by atoms with Crippen molar-refractivity contribution in [2.75, 3.05) is 122 Å². The van der Waals surface area contributed by atoms with Crippen LogP contribution in [-0.2, 0) is 5.41 Å². The number of benzene rings is 1. The van der Waals surface area contributed by atoms with Gasteiger partial charge in [0.2, 0.25) is 0 Å². The first-order valence-electron chi connectivity index (χ1n) is 23.4. The first-order chi connectivity index (χ1) is 28.9. The quantitative estimate of drug-likeness (QED) is 0.0464. The number of hydrogen-bond acceptors (Lipinski definition) is 11. The predicted octanol–water partition coefficient (Wildman–Crippen LogP) is 10.7. The van der Waals surface area contributed by atoms with Crippen LogP contribution in [0.5, 0.6) is 0 Å². The number of aryl methyl sites for hydroxylation is 2. The van der Waals surface area contributed by atoms with Crippen LogP contribution in [0, 0.1) is 13.8 Å². The zero-order valence-electron chi connectivity index (χ0n) is 39.6. The Hall–Kier alpha value is -1.80. The van der Waals surface area contributed by atoms with Crippen LogP contribution >= 0.6 is 34.4 Å². The molecule has 3 aromatic heterocycles. The van der Waals surface area contributed by atoms with Crippen LogP contribution in [0.2, 0.25) is 0 Å². The van der Waals surface area contributed by atoms with Gasteiger partial charge in [0.15, 0.2) is 0 Å². The summed E-state index contributed by atoms with van der Waals surface area (Å²) in [4.78, 5) is 20.7. The lowest BCUT2D eigenvalue weighted by atomic mass is 9.71. The number of aromatic nitrogens is 2. The second-order valence-electron chi connectivity index (χ2n) is 19.1. The van der Waals surface area contributed by atoms with Crippen molar-refractivity contribution >= 4 is 45.4 Å². The van der Waals surface area contributed by atoms with E-state index in [-0.39, 0.29) is 5.41 Å². The highest BCUT2D eigenvalue weighted by Gasteiger charge is 2.45. The minimum absolute atomic E-state index is 0.100. The number of rotatable bonds is 31. The summed E-state index contributed by atoms with van der Waals surface area (Å²) >= 11 is 5.40. The summed E-state index contributed by atoms with van der Waals surface area (Å²) in [6.45, 7) is 16.5. The van der Waals surface area contributed by atoms with Crippen molar-refractivity contribution < 1.29 is 0 Å². The zero-order chi connectivity index (χ0) is 43.1. The first-order valence-corrected chi connectivity index (χ1v) is 25.8. The van der Waals surface area contributed by atoms with E-state index in [2.05, 4.69) is 124 Å². The zero-order valence-corrected chi connectivity index (χ0v) is 42.0. The summed E-state index contributed by atoms with van der Waals surface area (Å²) in [6.07, 6.45) is 18.0. The molecule has 8 nitrogen and oxygen atoms in total. The Morgan fingerprint density at radius 1 is 0.467 bits per heavy atom. The highest BCUT2D eigenvalue weighted by Crippen LogP contribution is 2.60. The van der Waals surface area contributed by atoms with Crippen molar-refractivity contribution in [2.45, 2.75) is 109 Å². The molecular formula is C49H82N8S3. The number of hydrogen-bond donors (Lipinski definition) is 0. The molecule has 0 fully saturated rings. The third-order valence-corrected chi connectivity index (χ3v) is 15.6. The summed E-state index contributed by atoms with van der Waals surface area (Å²) in [5.41, 5.74) is 7.96. The Morgan fingerprint density at radius 3 is 1.40 bits per heavy atom. The lowest BCUT2D eigenvalue weighted by Crippen LogP contribution is -2.31. The van der Waals surface area contributed by atoms with E-state index in [1.165, 1.54) is 193 Å². The summed E-state index contributed by atoms with van der Waals surface area (Å²) < 4.78 is 9.52. The van der Waals surface area contributed by atoms with Crippen LogP contribution in [0.3, 0.4) is 0 Å². The van der Waals surface area contributed by atoms with E-state index in [0.717, 1.165) is 11.0 Å². The van der Waals surface area contributed by atoms with E-state index >= 15 is 0 Å². The molecule has 0 bridgehead atoms. The molecule has 1 aromatic carbocycles. The van der Waals surface area contributed by atoms with Gasteiger partial charge in [-0.15, -0.1) is 22.7 Å². The fourth-order valence-corrected chi connectivity index (χ4v) is 12.6. The van der Waals surface area contributed by atoms with E-state index < -0.39 is 0 Å². The number of nitrogens with zero attached hydrogens (tertiary/aromatic N) is 8. The Bertz CT molecular complexity index is 1750. The monoisotopic (exact) mass is 879 g/mol. The van der Waals surface area contributed by atoms with Crippen LogP contribution in [0.25, 0.3) is 31.2 Å². The summed E-state index contributed by atoms with van der Waals surface area (Å²) in [7, 11) is 17.6. The normalized spacial score (nSPS) is 13.8. The van der Waals surface area contributed by atoms with Gasteiger partial charge in [-0.05, 0) is 216 Å². The molecule has 0 unspecified atom stereocenters. The van der Waals surface area contributed by atoms with Gasteiger partial charge < -0.3 is 29.4 Å². The van der Waals surface area contributed by atoms with E-state index in [1.54, 1.807) is 16.0 Å². The minimum atomic E-state index is 0.100. The lowest BCUT2D eigenvalue weighted by molar-refractivity contribution is 0.235. The maximum atomic E-state index is 4.82. The lowest BCUT2D eigenvalue weighted by Gasteiger charge is -2.32. The molecule has 0 aliphatic heterocycles. The van der Waals surface area contributed by atoms with Gasteiger partial charge in [0.25, 0.3) is 0 Å². The van der Waals surface area contributed by atoms with Crippen LogP contribution in [-0.4, -0.2) is 160 Å². The maximum Gasteiger partial charge on any atom is 0.113 e. The van der Waals surface area contributed by atoms with Crippen molar-refractivity contribution in [3.63, 3.8) is 0 Å². The van der Waals surface area contributed by atoms with Gasteiger partial charge in [-0.25, -0.2) is 0 Å². The molecule has 0 atom stereocenters. The highest BCUT2D eigenvalue weighted by atomic mass is 32.1. The van der Waals surface area contributed by atoms with Gasteiger partial charge >= 0.3 is 0 Å². The Morgan fingerprint density at radius 2 is 0.900 bits per heavy atom. The number of unbranched alkanes of at least 4 members (excludes halogenated alkanes) is 6. The third-order valence-electron chi connectivity index (χ3n) is 12.7. The molecule has 5 rings (SSSR count). The van der Waals surface area contributed by atoms with E-state index in [9.17, 15) is 0 Å². The maximum absolute atomic E-state index is 4.82. The molecule has 1 aliphatic carbocycles. The topological polar surface area (TPSA) is 45.2 Å². The van der Waals surface area contributed by atoms with Crippen LogP contribution in [0.4, 0.5) is 0 Å². The average molecular weight is 879 g/mol. The SMILES string of the molecule is Cc1cc2c(s1)-c1sc(-c3ccc(C)c4nsnc34)cc1C2(CCCCCCN(CCCN(C)C)CCCN(C)C)CCCCCCN(CCCN(C)C)CCCN(C)C. The number of fused-ring (bicyclic) bond motifs is 4. The first kappa shape index (κ1) is 49.2.